The van der Waals surface area contributed by atoms with E-state index in [0.717, 1.165) is 23.3 Å². The Hall–Kier alpha value is -2.21. The number of carbonyl (C=O) groups excluding carboxylic acids is 2. The SMILES string of the molecule is Cc1ccc(NC(=O)C2CCN(C(=O)c3cc4c(s3)CCC4)CC2)nc1. The van der Waals surface area contributed by atoms with Crippen molar-refractivity contribution in [3.63, 3.8) is 0 Å². The molecule has 0 bridgehead atoms. The highest BCUT2D eigenvalue weighted by molar-refractivity contribution is 7.14. The predicted octanol–water partition coefficient (Wildman–Crippen LogP) is 3.43. The van der Waals surface area contributed by atoms with Gasteiger partial charge in [-0.2, -0.15) is 0 Å². The number of rotatable bonds is 3. The van der Waals surface area contributed by atoms with Crippen LogP contribution in [0.4, 0.5) is 5.82 Å². The molecule has 136 valence electrons. The smallest absolute Gasteiger partial charge is 0.263 e. The molecular weight excluding hydrogens is 346 g/mol. The number of hydrogen-bond acceptors (Lipinski definition) is 4. The van der Waals surface area contributed by atoms with E-state index in [9.17, 15) is 9.59 Å². The zero-order chi connectivity index (χ0) is 18.1. The number of thiophene rings is 1. The van der Waals surface area contributed by atoms with Crippen molar-refractivity contribution in [3.05, 3.63) is 45.3 Å². The lowest BCUT2D eigenvalue weighted by molar-refractivity contribution is -0.121. The average Bonchev–Trinajstić information content (AvgIpc) is 3.25. The summed E-state index contributed by atoms with van der Waals surface area (Å²) >= 11 is 1.66. The van der Waals surface area contributed by atoms with Crippen molar-refractivity contribution in [3.8, 4) is 0 Å². The number of pyridine rings is 1. The maximum Gasteiger partial charge on any atom is 0.263 e. The molecule has 0 aromatic carbocycles. The van der Waals surface area contributed by atoms with E-state index >= 15 is 0 Å². The topological polar surface area (TPSA) is 62.3 Å². The van der Waals surface area contributed by atoms with Crippen molar-refractivity contribution < 1.29 is 9.59 Å². The van der Waals surface area contributed by atoms with Gasteiger partial charge in [-0.1, -0.05) is 6.07 Å². The highest BCUT2D eigenvalue weighted by Gasteiger charge is 2.29. The van der Waals surface area contributed by atoms with Gasteiger partial charge in [0.15, 0.2) is 0 Å². The normalized spacial score (nSPS) is 17.2. The lowest BCUT2D eigenvalue weighted by Gasteiger charge is -2.31. The van der Waals surface area contributed by atoms with Crippen LogP contribution in [0.25, 0.3) is 0 Å². The van der Waals surface area contributed by atoms with Crippen molar-refractivity contribution in [2.45, 2.75) is 39.0 Å². The minimum atomic E-state index is -0.0597. The standard InChI is InChI=1S/C20H23N3O2S/c1-13-5-6-18(21-12-13)22-19(24)14-7-9-23(10-8-14)20(25)17-11-15-3-2-4-16(15)26-17/h5-6,11-12,14H,2-4,7-10H2,1H3,(H,21,22,24). The fourth-order valence-corrected chi connectivity index (χ4v) is 4.93. The van der Waals surface area contributed by atoms with E-state index in [1.807, 2.05) is 24.0 Å². The van der Waals surface area contributed by atoms with Crippen LogP contribution in [-0.2, 0) is 17.6 Å². The van der Waals surface area contributed by atoms with Gasteiger partial charge in [0.25, 0.3) is 5.91 Å². The van der Waals surface area contributed by atoms with Gasteiger partial charge in [0.2, 0.25) is 5.91 Å². The Kier molecular flexibility index (Phi) is 4.76. The van der Waals surface area contributed by atoms with Gasteiger partial charge in [-0.05, 0) is 62.3 Å². The van der Waals surface area contributed by atoms with Gasteiger partial charge in [-0.25, -0.2) is 4.98 Å². The number of nitrogens with one attached hydrogen (secondary N) is 1. The van der Waals surface area contributed by atoms with Crippen LogP contribution in [0.3, 0.4) is 0 Å². The predicted molar refractivity (Wildman–Crippen MR) is 103 cm³/mol. The summed E-state index contributed by atoms with van der Waals surface area (Å²) in [7, 11) is 0. The second-order valence-electron chi connectivity index (χ2n) is 7.19. The number of carbonyl (C=O) groups is 2. The molecule has 6 heteroatoms. The van der Waals surface area contributed by atoms with E-state index in [1.54, 1.807) is 17.5 Å². The van der Waals surface area contributed by atoms with Crippen molar-refractivity contribution in [1.82, 2.24) is 9.88 Å². The van der Waals surface area contributed by atoms with Crippen LogP contribution in [0.2, 0.25) is 0 Å². The second-order valence-corrected chi connectivity index (χ2v) is 8.33. The van der Waals surface area contributed by atoms with Crippen molar-refractivity contribution in [1.29, 1.82) is 0 Å². The molecule has 1 aliphatic carbocycles. The second kappa shape index (κ2) is 7.19. The Labute approximate surface area is 157 Å². The summed E-state index contributed by atoms with van der Waals surface area (Å²) in [6.45, 7) is 3.25. The Balaban J connectivity index is 1.32. The van der Waals surface area contributed by atoms with Gasteiger partial charge < -0.3 is 10.2 Å². The first kappa shape index (κ1) is 17.2. The molecule has 2 aliphatic rings. The third-order valence-electron chi connectivity index (χ3n) is 5.27. The van der Waals surface area contributed by atoms with Crippen LogP contribution in [0, 0.1) is 12.8 Å². The van der Waals surface area contributed by atoms with Crippen LogP contribution in [0.1, 0.15) is 44.9 Å². The highest BCUT2D eigenvalue weighted by Crippen LogP contribution is 2.32. The molecule has 2 aromatic heterocycles. The van der Waals surface area contributed by atoms with E-state index < -0.39 is 0 Å². The molecule has 0 atom stereocenters. The van der Waals surface area contributed by atoms with E-state index in [-0.39, 0.29) is 17.7 Å². The van der Waals surface area contributed by atoms with Gasteiger partial charge >= 0.3 is 0 Å². The summed E-state index contributed by atoms with van der Waals surface area (Å²) < 4.78 is 0. The van der Waals surface area contributed by atoms with Gasteiger partial charge in [-0.3, -0.25) is 9.59 Å². The maximum atomic E-state index is 12.7. The monoisotopic (exact) mass is 369 g/mol. The average molecular weight is 369 g/mol. The summed E-state index contributed by atoms with van der Waals surface area (Å²) in [5.41, 5.74) is 2.42. The number of hydrogen-bond donors (Lipinski definition) is 1. The largest absolute Gasteiger partial charge is 0.338 e. The first-order chi connectivity index (χ1) is 12.6. The summed E-state index contributed by atoms with van der Waals surface area (Å²) in [5, 5.41) is 2.89. The number of anilines is 1. The number of piperidine rings is 1. The van der Waals surface area contributed by atoms with E-state index in [0.29, 0.717) is 31.7 Å². The van der Waals surface area contributed by atoms with Gasteiger partial charge in [-0.15, -0.1) is 11.3 Å². The fourth-order valence-electron chi connectivity index (χ4n) is 3.71. The van der Waals surface area contributed by atoms with Gasteiger partial charge in [0.1, 0.15) is 5.82 Å². The van der Waals surface area contributed by atoms with Crippen LogP contribution >= 0.6 is 11.3 Å². The Morgan fingerprint density at radius 2 is 2.04 bits per heavy atom. The first-order valence-corrected chi connectivity index (χ1v) is 10.1. The quantitative estimate of drug-likeness (QED) is 0.902. The summed E-state index contributed by atoms with van der Waals surface area (Å²) in [6.07, 6.45) is 6.58. The zero-order valence-electron chi connectivity index (χ0n) is 15.0. The van der Waals surface area contributed by atoms with E-state index in [4.69, 9.17) is 0 Å². The number of amides is 2. The number of fused-ring (bicyclic) bond motifs is 1. The van der Waals surface area contributed by atoms with Gasteiger partial charge in [0.05, 0.1) is 4.88 Å². The van der Waals surface area contributed by atoms with Crippen molar-refractivity contribution >= 4 is 29.0 Å². The summed E-state index contributed by atoms with van der Waals surface area (Å²) in [5.74, 6) is 0.662. The third kappa shape index (κ3) is 3.51. The minimum absolute atomic E-state index is 0.00329. The molecule has 1 aliphatic heterocycles. The number of nitrogens with zero attached hydrogens (tertiary/aromatic N) is 2. The molecule has 3 heterocycles. The van der Waals surface area contributed by atoms with Crippen molar-refractivity contribution in [2.24, 2.45) is 5.92 Å². The van der Waals surface area contributed by atoms with Crippen LogP contribution < -0.4 is 5.32 Å². The molecular formula is C20H23N3O2S. The van der Waals surface area contributed by atoms with Crippen molar-refractivity contribution in [2.75, 3.05) is 18.4 Å². The Bertz CT molecular complexity index is 799. The van der Waals surface area contributed by atoms with E-state index in [2.05, 4.69) is 16.4 Å². The molecule has 0 radical (unpaired) electrons. The molecule has 2 aromatic rings. The number of likely N-dealkylation sites (tertiary alicyclic amines) is 1. The van der Waals surface area contributed by atoms with Crippen LogP contribution in [-0.4, -0.2) is 34.8 Å². The van der Waals surface area contributed by atoms with Crippen LogP contribution in [0.15, 0.2) is 24.4 Å². The minimum Gasteiger partial charge on any atom is -0.338 e. The molecule has 2 amide bonds. The summed E-state index contributed by atoms with van der Waals surface area (Å²) in [6, 6.07) is 5.83. The Morgan fingerprint density at radius 3 is 2.73 bits per heavy atom. The van der Waals surface area contributed by atoms with Gasteiger partial charge in [0, 0.05) is 30.1 Å². The Morgan fingerprint density at radius 1 is 1.23 bits per heavy atom. The maximum absolute atomic E-state index is 12.7. The molecule has 0 spiro atoms. The molecule has 5 nitrogen and oxygen atoms in total. The highest BCUT2D eigenvalue weighted by atomic mass is 32.1. The van der Waals surface area contributed by atoms with E-state index in [1.165, 1.54) is 16.9 Å². The lowest BCUT2D eigenvalue weighted by atomic mass is 9.95. The zero-order valence-corrected chi connectivity index (χ0v) is 15.8. The summed E-state index contributed by atoms with van der Waals surface area (Å²) in [4.78, 5) is 33.5. The number of aryl methyl sites for hydroxylation is 3. The number of aromatic nitrogens is 1. The molecule has 1 N–H and O–H groups in total. The van der Waals surface area contributed by atoms with Crippen LogP contribution in [0.5, 0.6) is 0 Å². The fraction of sp³-hybridized carbons (Fsp3) is 0.450. The molecule has 0 unspecified atom stereocenters. The molecule has 4 rings (SSSR count). The first-order valence-electron chi connectivity index (χ1n) is 9.24. The molecule has 1 fully saturated rings. The lowest BCUT2D eigenvalue weighted by Crippen LogP contribution is -2.41. The third-order valence-corrected chi connectivity index (χ3v) is 6.50. The molecule has 0 saturated carbocycles. The molecule has 26 heavy (non-hydrogen) atoms. The molecule has 1 saturated heterocycles.